The first kappa shape index (κ1) is 8.52. The van der Waals surface area contributed by atoms with E-state index in [1.54, 1.807) is 6.20 Å². The highest BCUT2D eigenvalue weighted by Crippen LogP contribution is 2.22. The van der Waals surface area contributed by atoms with Gasteiger partial charge in [-0.2, -0.15) is 0 Å². The summed E-state index contributed by atoms with van der Waals surface area (Å²) in [4.78, 5) is 4.27. The third kappa shape index (κ3) is 1.52. The van der Waals surface area contributed by atoms with Gasteiger partial charge in [-0.15, -0.1) is 0 Å². The summed E-state index contributed by atoms with van der Waals surface area (Å²) in [5.41, 5.74) is 2.24. The van der Waals surface area contributed by atoms with Gasteiger partial charge in [0.05, 0.1) is 5.52 Å². The monoisotopic (exact) mass is 191 g/mol. The predicted octanol–water partition coefficient (Wildman–Crippen LogP) is 3.45. The number of hydrogen-bond acceptors (Lipinski definition) is 1. The van der Waals surface area contributed by atoms with E-state index in [2.05, 4.69) is 18.0 Å². The highest BCUT2D eigenvalue weighted by Gasteiger charge is 2.01. The molecule has 1 nitrogen and oxygen atoms in total. The fraction of sp³-hybridized carbons (Fsp3) is 0.182. The molecule has 0 unspecified atom stereocenters. The average molecular weight is 192 g/mol. The first-order chi connectivity index (χ1) is 6.31. The van der Waals surface area contributed by atoms with Gasteiger partial charge in [0.25, 0.3) is 0 Å². The lowest BCUT2D eigenvalue weighted by Crippen LogP contribution is -1.85. The lowest BCUT2D eigenvalue weighted by atomic mass is 10.1. The molecule has 13 heavy (non-hydrogen) atoms. The second kappa shape index (κ2) is 3.35. The molecule has 1 aromatic carbocycles. The van der Waals surface area contributed by atoms with E-state index < -0.39 is 0 Å². The number of fused-ring (bicyclic) bond motifs is 1. The van der Waals surface area contributed by atoms with Crippen LogP contribution in [0.2, 0.25) is 5.02 Å². The fourth-order valence-corrected chi connectivity index (χ4v) is 1.75. The number of benzene rings is 1. The topological polar surface area (TPSA) is 12.9 Å². The van der Waals surface area contributed by atoms with Crippen LogP contribution in [0.15, 0.2) is 30.5 Å². The van der Waals surface area contributed by atoms with Crippen molar-refractivity contribution in [3.63, 3.8) is 0 Å². The largest absolute Gasteiger partial charge is 0.256 e. The van der Waals surface area contributed by atoms with Gasteiger partial charge >= 0.3 is 0 Å². The highest BCUT2D eigenvalue weighted by molar-refractivity contribution is 6.31. The molecule has 0 aliphatic heterocycles. The van der Waals surface area contributed by atoms with E-state index in [4.69, 9.17) is 11.6 Å². The number of pyridine rings is 1. The average Bonchev–Trinajstić information content (AvgIpc) is 2.16. The van der Waals surface area contributed by atoms with Gasteiger partial charge < -0.3 is 0 Å². The molecule has 0 N–H and O–H groups in total. The molecule has 66 valence electrons. The molecule has 2 aromatic rings. The van der Waals surface area contributed by atoms with E-state index in [-0.39, 0.29) is 0 Å². The number of halogens is 1. The van der Waals surface area contributed by atoms with Crippen molar-refractivity contribution in [2.45, 2.75) is 13.3 Å². The Bertz CT molecular complexity index is 437. The molecule has 0 radical (unpaired) electrons. The molecule has 0 atom stereocenters. The normalized spacial score (nSPS) is 10.6. The first-order valence-corrected chi connectivity index (χ1v) is 4.72. The Hall–Kier alpha value is -1.08. The summed E-state index contributed by atoms with van der Waals surface area (Å²) in [5, 5.41) is 1.97. The van der Waals surface area contributed by atoms with Crippen LogP contribution in [-0.4, -0.2) is 4.98 Å². The van der Waals surface area contributed by atoms with Crippen LogP contribution in [-0.2, 0) is 6.42 Å². The Kier molecular flexibility index (Phi) is 2.19. The quantitative estimate of drug-likeness (QED) is 0.673. The number of aryl methyl sites for hydroxylation is 1. The van der Waals surface area contributed by atoms with E-state index in [1.165, 1.54) is 10.9 Å². The SMILES string of the molecule is CCc1cc(Cl)cc2ncccc12. The summed E-state index contributed by atoms with van der Waals surface area (Å²) >= 11 is 5.96. The maximum Gasteiger partial charge on any atom is 0.0719 e. The molecular weight excluding hydrogens is 182 g/mol. The lowest BCUT2D eigenvalue weighted by Gasteiger charge is -2.03. The van der Waals surface area contributed by atoms with Crippen molar-refractivity contribution in [1.29, 1.82) is 0 Å². The molecule has 0 fully saturated rings. The zero-order valence-electron chi connectivity index (χ0n) is 7.42. The molecule has 0 amide bonds. The van der Waals surface area contributed by atoms with E-state index in [0.29, 0.717) is 0 Å². The zero-order valence-corrected chi connectivity index (χ0v) is 8.17. The van der Waals surface area contributed by atoms with Crippen molar-refractivity contribution < 1.29 is 0 Å². The van der Waals surface area contributed by atoms with Crippen molar-refractivity contribution >= 4 is 22.5 Å². The van der Waals surface area contributed by atoms with Crippen LogP contribution in [0, 0.1) is 0 Å². The Balaban J connectivity index is 2.81. The molecule has 0 bridgehead atoms. The lowest BCUT2D eigenvalue weighted by molar-refractivity contribution is 1.16. The third-order valence-corrected chi connectivity index (χ3v) is 2.37. The summed E-state index contributed by atoms with van der Waals surface area (Å²) in [5.74, 6) is 0. The van der Waals surface area contributed by atoms with Gasteiger partial charge in [-0.1, -0.05) is 24.6 Å². The molecule has 0 saturated carbocycles. The highest BCUT2D eigenvalue weighted by atomic mass is 35.5. The van der Waals surface area contributed by atoms with Crippen molar-refractivity contribution in [2.75, 3.05) is 0 Å². The predicted molar refractivity (Wildman–Crippen MR) is 56.1 cm³/mol. The van der Waals surface area contributed by atoms with Gasteiger partial charge in [-0.05, 0) is 30.2 Å². The minimum absolute atomic E-state index is 0.767. The number of rotatable bonds is 1. The van der Waals surface area contributed by atoms with Crippen LogP contribution in [0.1, 0.15) is 12.5 Å². The Morgan fingerprint density at radius 2 is 2.23 bits per heavy atom. The van der Waals surface area contributed by atoms with E-state index in [1.807, 2.05) is 18.2 Å². The van der Waals surface area contributed by atoms with Crippen LogP contribution < -0.4 is 0 Å². The van der Waals surface area contributed by atoms with Crippen LogP contribution in [0.4, 0.5) is 0 Å². The molecule has 2 heteroatoms. The maximum atomic E-state index is 5.96. The Labute approximate surface area is 82.4 Å². The smallest absolute Gasteiger partial charge is 0.0719 e. The molecule has 2 rings (SSSR count). The summed E-state index contributed by atoms with van der Waals surface area (Å²) < 4.78 is 0. The molecule has 0 aliphatic carbocycles. The second-order valence-electron chi connectivity index (χ2n) is 2.99. The van der Waals surface area contributed by atoms with Gasteiger partial charge in [0.1, 0.15) is 0 Å². The van der Waals surface area contributed by atoms with Gasteiger partial charge in [0.2, 0.25) is 0 Å². The van der Waals surface area contributed by atoms with E-state index in [9.17, 15) is 0 Å². The number of hydrogen-bond donors (Lipinski definition) is 0. The van der Waals surface area contributed by atoms with Crippen LogP contribution in [0.25, 0.3) is 10.9 Å². The molecule has 0 spiro atoms. The standard InChI is InChI=1S/C11H10ClN/c1-2-8-6-9(12)7-11-10(8)4-3-5-13-11/h3-7H,2H2,1H3. The molecule has 1 aromatic heterocycles. The first-order valence-electron chi connectivity index (χ1n) is 4.34. The zero-order chi connectivity index (χ0) is 9.26. The second-order valence-corrected chi connectivity index (χ2v) is 3.42. The minimum Gasteiger partial charge on any atom is -0.256 e. The number of aromatic nitrogens is 1. The van der Waals surface area contributed by atoms with Gasteiger partial charge in [-0.3, -0.25) is 4.98 Å². The molecule has 0 saturated heterocycles. The van der Waals surface area contributed by atoms with Crippen LogP contribution in [0.3, 0.4) is 0 Å². The van der Waals surface area contributed by atoms with Crippen molar-refractivity contribution in [3.05, 3.63) is 41.0 Å². The molecule has 0 aliphatic rings. The third-order valence-electron chi connectivity index (χ3n) is 2.15. The summed E-state index contributed by atoms with van der Waals surface area (Å²) in [6.45, 7) is 2.12. The molecular formula is C11H10ClN. The molecule has 1 heterocycles. The van der Waals surface area contributed by atoms with Gasteiger partial charge in [0, 0.05) is 16.6 Å². The Morgan fingerprint density at radius 3 is 3.00 bits per heavy atom. The summed E-state index contributed by atoms with van der Waals surface area (Å²) in [7, 11) is 0. The van der Waals surface area contributed by atoms with E-state index >= 15 is 0 Å². The van der Waals surface area contributed by atoms with Crippen molar-refractivity contribution in [2.24, 2.45) is 0 Å². The summed E-state index contributed by atoms with van der Waals surface area (Å²) in [6, 6.07) is 7.94. The van der Waals surface area contributed by atoms with Gasteiger partial charge in [0.15, 0.2) is 0 Å². The van der Waals surface area contributed by atoms with Gasteiger partial charge in [-0.25, -0.2) is 0 Å². The number of nitrogens with zero attached hydrogens (tertiary/aromatic N) is 1. The van der Waals surface area contributed by atoms with Crippen molar-refractivity contribution in [1.82, 2.24) is 4.98 Å². The van der Waals surface area contributed by atoms with E-state index in [0.717, 1.165) is 17.0 Å². The summed E-state index contributed by atoms with van der Waals surface area (Å²) in [6.07, 6.45) is 2.78. The minimum atomic E-state index is 0.767. The van der Waals surface area contributed by atoms with Crippen molar-refractivity contribution in [3.8, 4) is 0 Å². The van der Waals surface area contributed by atoms with Crippen LogP contribution >= 0.6 is 11.6 Å². The Morgan fingerprint density at radius 1 is 1.38 bits per heavy atom. The van der Waals surface area contributed by atoms with Crippen LogP contribution in [0.5, 0.6) is 0 Å². The fourth-order valence-electron chi connectivity index (χ4n) is 1.51. The maximum absolute atomic E-state index is 5.96.